The van der Waals surface area contributed by atoms with E-state index in [2.05, 4.69) is 4.90 Å². The van der Waals surface area contributed by atoms with E-state index in [9.17, 15) is 9.90 Å². The van der Waals surface area contributed by atoms with Crippen LogP contribution in [0.1, 0.15) is 46.0 Å². The first-order valence-electron chi connectivity index (χ1n) is 7.82. The molecule has 0 unspecified atom stereocenters. The smallest absolute Gasteiger partial charge is 0.323 e. The Hall–Kier alpha value is -0.570. The highest BCUT2D eigenvalue weighted by Crippen LogP contribution is 2.56. The minimum absolute atomic E-state index is 0.709. The Morgan fingerprint density at radius 1 is 1.11 bits per heavy atom. The maximum absolute atomic E-state index is 11.4. The van der Waals surface area contributed by atoms with Crippen LogP contribution in [0.5, 0.6) is 0 Å². The molecule has 4 saturated carbocycles. The number of nitrogens with zero attached hydrogens (tertiary/aromatic N) is 1. The standard InChI is InChI=1S/C16H27NO2/c1-16(2,15(18)19)17(3)9-14-12-5-10-4-11(7-12)8-13(14)6-10/h10-14H,4-9H2,1-3H3,(H,18,19). The first-order chi connectivity index (χ1) is 8.88. The first kappa shape index (κ1) is 13.4. The fourth-order valence-electron chi connectivity index (χ4n) is 5.04. The molecule has 4 aliphatic carbocycles. The van der Waals surface area contributed by atoms with E-state index in [4.69, 9.17) is 0 Å². The Morgan fingerprint density at radius 3 is 2.00 bits per heavy atom. The maximum Gasteiger partial charge on any atom is 0.323 e. The van der Waals surface area contributed by atoms with Gasteiger partial charge in [-0.1, -0.05) is 0 Å². The molecule has 0 aromatic heterocycles. The van der Waals surface area contributed by atoms with Crippen LogP contribution in [0.15, 0.2) is 0 Å². The van der Waals surface area contributed by atoms with Crippen molar-refractivity contribution in [3.05, 3.63) is 0 Å². The minimum atomic E-state index is -0.741. The lowest BCUT2D eigenvalue weighted by atomic mass is 9.52. The fraction of sp³-hybridized carbons (Fsp3) is 0.938. The van der Waals surface area contributed by atoms with Gasteiger partial charge in [-0.05, 0) is 82.6 Å². The van der Waals surface area contributed by atoms with Crippen molar-refractivity contribution >= 4 is 5.97 Å². The van der Waals surface area contributed by atoms with Gasteiger partial charge in [-0.2, -0.15) is 0 Å². The highest BCUT2D eigenvalue weighted by atomic mass is 16.4. The second-order valence-corrected chi connectivity index (χ2v) is 7.84. The zero-order valence-electron chi connectivity index (χ0n) is 12.4. The predicted molar refractivity (Wildman–Crippen MR) is 74.9 cm³/mol. The van der Waals surface area contributed by atoms with E-state index in [0.717, 1.165) is 36.1 Å². The molecule has 0 heterocycles. The molecule has 3 nitrogen and oxygen atoms in total. The van der Waals surface area contributed by atoms with Gasteiger partial charge in [0.15, 0.2) is 0 Å². The van der Waals surface area contributed by atoms with Crippen molar-refractivity contribution in [3.63, 3.8) is 0 Å². The molecule has 0 atom stereocenters. The van der Waals surface area contributed by atoms with Crippen LogP contribution >= 0.6 is 0 Å². The maximum atomic E-state index is 11.4. The van der Waals surface area contributed by atoms with Gasteiger partial charge in [0, 0.05) is 6.54 Å². The minimum Gasteiger partial charge on any atom is -0.480 e. The van der Waals surface area contributed by atoms with Crippen LogP contribution in [0, 0.1) is 29.6 Å². The van der Waals surface area contributed by atoms with Crippen molar-refractivity contribution in [3.8, 4) is 0 Å². The third-order valence-corrected chi connectivity index (χ3v) is 6.38. The van der Waals surface area contributed by atoms with Gasteiger partial charge in [-0.25, -0.2) is 0 Å². The van der Waals surface area contributed by atoms with Crippen LogP contribution in [0.25, 0.3) is 0 Å². The van der Waals surface area contributed by atoms with E-state index in [-0.39, 0.29) is 0 Å². The summed E-state index contributed by atoms with van der Waals surface area (Å²) in [5, 5.41) is 9.35. The Labute approximate surface area is 116 Å². The number of likely N-dealkylation sites (N-methyl/N-ethyl adjacent to an activating group) is 1. The predicted octanol–water partition coefficient (Wildman–Crippen LogP) is 2.85. The van der Waals surface area contributed by atoms with Gasteiger partial charge in [0.1, 0.15) is 5.54 Å². The summed E-state index contributed by atoms with van der Waals surface area (Å²) in [4.78, 5) is 13.4. The quantitative estimate of drug-likeness (QED) is 0.849. The molecule has 19 heavy (non-hydrogen) atoms. The van der Waals surface area contributed by atoms with Gasteiger partial charge in [-0.3, -0.25) is 9.69 Å². The Balaban J connectivity index is 1.69. The summed E-state index contributed by atoms with van der Waals surface area (Å²) < 4.78 is 0. The lowest BCUT2D eigenvalue weighted by molar-refractivity contribution is -0.150. The molecule has 0 aromatic rings. The second-order valence-electron chi connectivity index (χ2n) is 7.84. The van der Waals surface area contributed by atoms with E-state index in [1.807, 2.05) is 20.9 Å². The highest BCUT2D eigenvalue weighted by Gasteiger charge is 2.49. The van der Waals surface area contributed by atoms with Crippen LogP contribution in [-0.2, 0) is 4.79 Å². The molecule has 0 spiro atoms. The number of carbonyl (C=O) groups is 1. The molecule has 4 aliphatic rings. The summed E-state index contributed by atoms with van der Waals surface area (Å²) in [5.74, 6) is 3.79. The summed E-state index contributed by atoms with van der Waals surface area (Å²) in [7, 11) is 1.99. The number of carboxylic acid groups (broad SMARTS) is 1. The van der Waals surface area contributed by atoms with E-state index in [1.165, 1.54) is 32.1 Å². The van der Waals surface area contributed by atoms with Gasteiger partial charge in [-0.15, -0.1) is 0 Å². The van der Waals surface area contributed by atoms with Gasteiger partial charge in [0.25, 0.3) is 0 Å². The Morgan fingerprint density at radius 2 is 1.58 bits per heavy atom. The normalized spacial score (nSPS) is 40.9. The largest absolute Gasteiger partial charge is 0.480 e. The summed E-state index contributed by atoms with van der Waals surface area (Å²) >= 11 is 0. The van der Waals surface area contributed by atoms with Gasteiger partial charge in [0.2, 0.25) is 0 Å². The fourth-order valence-corrected chi connectivity index (χ4v) is 5.04. The average molecular weight is 265 g/mol. The number of hydrogen-bond donors (Lipinski definition) is 1. The van der Waals surface area contributed by atoms with Crippen molar-refractivity contribution in [1.82, 2.24) is 4.90 Å². The lowest BCUT2D eigenvalue weighted by Crippen LogP contribution is -2.54. The lowest BCUT2D eigenvalue weighted by Gasteiger charge is -2.55. The molecule has 4 rings (SSSR count). The van der Waals surface area contributed by atoms with Crippen LogP contribution in [-0.4, -0.2) is 35.1 Å². The molecule has 108 valence electrons. The molecule has 4 fully saturated rings. The first-order valence-corrected chi connectivity index (χ1v) is 7.82. The topological polar surface area (TPSA) is 40.5 Å². The van der Waals surface area contributed by atoms with Gasteiger partial charge >= 0.3 is 5.97 Å². The zero-order valence-corrected chi connectivity index (χ0v) is 12.4. The molecule has 0 amide bonds. The van der Waals surface area contributed by atoms with Crippen molar-refractivity contribution < 1.29 is 9.90 Å². The number of aliphatic carboxylic acids is 1. The summed E-state index contributed by atoms with van der Waals surface area (Å²) in [6.07, 6.45) is 7.15. The van der Waals surface area contributed by atoms with Crippen molar-refractivity contribution in [2.45, 2.75) is 51.5 Å². The van der Waals surface area contributed by atoms with E-state index in [1.54, 1.807) is 0 Å². The highest BCUT2D eigenvalue weighted by molar-refractivity contribution is 5.77. The van der Waals surface area contributed by atoms with Crippen LogP contribution < -0.4 is 0 Å². The molecule has 3 heteroatoms. The monoisotopic (exact) mass is 265 g/mol. The third kappa shape index (κ3) is 2.20. The number of carboxylic acids is 1. The summed E-state index contributed by atoms with van der Waals surface area (Å²) in [5.41, 5.74) is -0.741. The van der Waals surface area contributed by atoms with Crippen molar-refractivity contribution in [2.75, 3.05) is 13.6 Å². The van der Waals surface area contributed by atoms with Crippen LogP contribution in [0.4, 0.5) is 0 Å². The molecule has 0 radical (unpaired) electrons. The molecule has 1 N–H and O–H groups in total. The molecule has 0 saturated heterocycles. The molecule has 0 aromatic carbocycles. The van der Waals surface area contributed by atoms with Gasteiger partial charge in [0.05, 0.1) is 0 Å². The van der Waals surface area contributed by atoms with Crippen LogP contribution in [0.3, 0.4) is 0 Å². The Bertz CT molecular complexity index is 349. The van der Waals surface area contributed by atoms with Gasteiger partial charge < -0.3 is 5.11 Å². The van der Waals surface area contributed by atoms with Crippen LogP contribution in [0.2, 0.25) is 0 Å². The third-order valence-electron chi connectivity index (χ3n) is 6.38. The number of rotatable bonds is 4. The SMILES string of the molecule is CN(CC1C2CC3CC(C2)CC1C3)C(C)(C)C(=O)O. The van der Waals surface area contributed by atoms with Crippen molar-refractivity contribution in [1.29, 1.82) is 0 Å². The molecular formula is C16H27NO2. The average Bonchev–Trinajstić information content (AvgIpc) is 2.32. The molecule has 4 bridgehead atoms. The second kappa shape index (κ2) is 4.47. The Kier molecular flexibility index (Phi) is 3.16. The van der Waals surface area contributed by atoms with E-state index >= 15 is 0 Å². The molecule has 0 aliphatic heterocycles. The summed E-state index contributed by atoms with van der Waals surface area (Å²) in [6.45, 7) is 4.62. The number of hydrogen-bond acceptors (Lipinski definition) is 2. The zero-order chi connectivity index (χ0) is 13.8. The van der Waals surface area contributed by atoms with E-state index in [0.29, 0.717) is 0 Å². The summed E-state index contributed by atoms with van der Waals surface area (Å²) in [6, 6.07) is 0. The van der Waals surface area contributed by atoms with Crippen molar-refractivity contribution in [2.24, 2.45) is 29.6 Å². The van der Waals surface area contributed by atoms with E-state index < -0.39 is 11.5 Å². The molecular weight excluding hydrogens is 238 g/mol.